The highest BCUT2D eigenvalue weighted by Crippen LogP contribution is 2.20. The smallest absolute Gasteiger partial charge is 0.269 e. The number of halogens is 2. The van der Waals surface area contributed by atoms with E-state index in [0.29, 0.717) is 11.4 Å². The molecule has 2 aromatic rings. The number of carbonyl (C=O) groups excluding carboxylic acids is 2. The molecule has 1 aliphatic heterocycles. The number of hydrogen-bond donors (Lipinski definition) is 2. The SMILES string of the molecule is O=C(NCc1ccc(F)cc1)C1=CCC(=O)N(c2ccc(Br)cc2)N1. The molecule has 0 spiro atoms. The summed E-state index contributed by atoms with van der Waals surface area (Å²) in [5.74, 6) is -0.813. The second-order valence-corrected chi connectivity index (χ2v) is 6.36. The van der Waals surface area contributed by atoms with Crippen LogP contribution in [0.2, 0.25) is 0 Å². The van der Waals surface area contributed by atoms with Gasteiger partial charge in [0.25, 0.3) is 5.91 Å². The molecular formula is C18H15BrFN3O2. The number of amides is 2. The topological polar surface area (TPSA) is 61.4 Å². The van der Waals surface area contributed by atoms with Gasteiger partial charge in [0, 0.05) is 17.4 Å². The van der Waals surface area contributed by atoms with Crippen molar-refractivity contribution in [1.82, 2.24) is 10.7 Å². The van der Waals surface area contributed by atoms with E-state index in [1.165, 1.54) is 17.1 Å². The van der Waals surface area contributed by atoms with Crippen molar-refractivity contribution in [3.8, 4) is 0 Å². The molecule has 0 unspecified atom stereocenters. The van der Waals surface area contributed by atoms with Crippen LogP contribution >= 0.6 is 15.9 Å². The number of rotatable bonds is 4. The molecule has 2 amide bonds. The summed E-state index contributed by atoms with van der Waals surface area (Å²) in [7, 11) is 0. The van der Waals surface area contributed by atoms with E-state index in [-0.39, 0.29) is 30.6 Å². The monoisotopic (exact) mass is 403 g/mol. The van der Waals surface area contributed by atoms with Crippen molar-refractivity contribution < 1.29 is 14.0 Å². The highest BCUT2D eigenvalue weighted by molar-refractivity contribution is 9.10. The summed E-state index contributed by atoms with van der Waals surface area (Å²) in [5, 5.41) is 4.09. The lowest BCUT2D eigenvalue weighted by Gasteiger charge is -2.28. The largest absolute Gasteiger partial charge is 0.347 e. The Morgan fingerprint density at radius 2 is 1.84 bits per heavy atom. The molecule has 7 heteroatoms. The molecule has 0 fully saturated rings. The summed E-state index contributed by atoms with van der Waals surface area (Å²) in [6, 6.07) is 13.1. The zero-order valence-electron chi connectivity index (χ0n) is 13.1. The predicted octanol–water partition coefficient (Wildman–Crippen LogP) is 3.03. The molecular weight excluding hydrogens is 389 g/mol. The van der Waals surface area contributed by atoms with Gasteiger partial charge < -0.3 is 5.32 Å². The highest BCUT2D eigenvalue weighted by atomic mass is 79.9. The molecule has 0 atom stereocenters. The van der Waals surface area contributed by atoms with E-state index in [0.717, 1.165) is 10.0 Å². The first-order valence-corrected chi connectivity index (χ1v) is 8.40. The Labute approximate surface area is 152 Å². The third kappa shape index (κ3) is 4.24. The normalized spacial score (nSPS) is 13.9. The van der Waals surface area contributed by atoms with Crippen molar-refractivity contribution in [3.05, 3.63) is 76.2 Å². The minimum absolute atomic E-state index is 0.127. The Morgan fingerprint density at radius 3 is 2.52 bits per heavy atom. The van der Waals surface area contributed by atoms with Crippen LogP contribution in [-0.2, 0) is 16.1 Å². The van der Waals surface area contributed by atoms with Crippen molar-refractivity contribution in [1.29, 1.82) is 0 Å². The van der Waals surface area contributed by atoms with Gasteiger partial charge in [0.2, 0.25) is 5.91 Å². The molecule has 5 nitrogen and oxygen atoms in total. The summed E-state index contributed by atoms with van der Waals surface area (Å²) in [6.45, 7) is 0.268. The summed E-state index contributed by atoms with van der Waals surface area (Å²) < 4.78 is 13.8. The number of hydrogen-bond acceptors (Lipinski definition) is 3. The molecule has 0 aromatic heterocycles. The molecule has 1 heterocycles. The van der Waals surface area contributed by atoms with Gasteiger partial charge in [-0.1, -0.05) is 28.1 Å². The van der Waals surface area contributed by atoms with E-state index >= 15 is 0 Å². The maximum absolute atomic E-state index is 12.9. The van der Waals surface area contributed by atoms with Crippen molar-refractivity contribution in [2.75, 3.05) is 5.01 Å². The van der Waals surface area contributed by atoms with Gasteiger partial charge in [0.05, 0.1) is 5.69 Å². The second kappa shape index (κ2) is 7.48. The van der Waals surface area contributed by atoms with Gasteiger partial charge in [-0.15, -0.1) is 0 Å². The Morgan fingerprint density at radius 1 is 1.16 bits per heavy atom. The third-order valence-electron chi connectivity index (χ3n) is 3.66. The quantitative estimate of drug-likeness (QED) is 0.824. The zero-order valence-corrected chi connectivity index (χ0v) is 14.7. The van der Waals surface area contributed by atoms with Crippen molar-refractivity contribution >= 4 is 33.4 Å². The van der Waals surface area contributed by atoms with Crippen LogP contribution < -0.4 is 15.8 Å². The maximum atomic E-state index is 12.9. The zero-order chi connectivity index (χ0) is 17.8. The van der Waals surface area contributed by atoms with Crippen LogP contribution in [0.5, 0.6) is 0 Å². The van der Waals surface area contributed by atoms with Gasteiger partial charge in [0.15, 0.2) is 0 Å². The van der Waals surface area contributed by atoms with Gasteiger partial charge in [-0.2, -0.15) is 0 Å². The summed E-state index contributed by atoms with van der Waals surface area (Å²) in [5.41, 5.74) is 4.57. The van der Waals surface area contributed by atoms with Gasteiger partial charge in [-0.25, -0.2) is 9.40 Å². The van der Waals surface area contributed by atoms with Crippen LogP contribution in [0.25, 0.3) is 0 Å². The standard InChI is InChI=1S/C18H15BrFN3O2/c19-13-3-7-15(8-4-13)23-17(24)10-9-16(22-23)18(25)21-11-12-1-5-14(20)6-2-12/h1-9,22H,10-11H2,(H,21,25). The van der Waals surface area contributed by atoms with Crippen molar-refractivity contribution in [2.24, 2.45) is 0 Å². The van der Waals surface area contributed by atoms with Crippen LogP contribution in [0.15, 0.2) is 64.8 Å². The highest BCUT2D eigenvalue weighted by Gasteiger charge is 2.23. The number of benzene rings is 2. The fourth-order valence-corrected chi connectivity index (χ4v) is 2.60. The second-order valence-electron chi connectivity index (χ2n) is 5.45. The van der Waals surface area contributed by atoms with Crippen LogP contribution in [0.1, 0.15) is 12.0 Å². The number of nitrogens with one attached hydrogen (secondary N) is 2. The number of anilines is 1. The molecule has 0 bridgehead atoms. The van der Waals surface area contributed by atoms with Gasteiger partial charge in [0.1, 0.15) is 11.5 Å². The lowest BCUT2D eigenvalue weighted by Crippen LogP contribution is -2.48. The van der Waals surface area contributed by atoms with E-state index in [1.807, 2.05) is 12.1 Å². The molecule has 0 saturated heterocycles. The van der Waals surface area contributed by atoms with Crippen molar-refractivity contribution in [3.63, 3.8) is 0 Å². The molecule has 0 aliphatic carbocycles. The first-order valence-electron chi connectivity index (χ1n) is 7.61. The Bertz CT molecular complexity index is 819. The van der Waals surface area contributed by atoms with Gasteiger partial charge in [-0.3, -0.25) is 15.0 Å². The molecule has 0 saturated carbocycles. The average Bonchev–Trinajstić information content (AvgIpc) is 2.62. The first kappa shape index (κ1) is 17.2. The number of nitrogens with zero attached hydrogens (tertiary/aromatic N) is 1. The molecule has 25 heavy (non-hydrogen) atoms. The Balaban J connectivity index is 1.65. The maximum Gasteiger partial charge on any atom is 0.269 e. The van der Waals surface area contributed by atoms with Crippen LogP contribution in [0.4, 0.5) is 10.1 Å². The fraction of sp³-hybridized carbons (Fsp3) is 0.111. The fourth-order valence-electron chi connectivity index (χ4n) is 2.33. The molecule has 0 radical (unpaired) electrons. The minimum Gasteiger partial charge on any atom is -0.347 e. The predicted molar refractivity (Wildman–Crippen MR) is 95.7 cm³/mol. The lowest BCUT2D eigenvalue weighted by molar-refractivity contribution is -0.120. The van der Waals surface area contributed by atoms with Crippen LogP contribution in [0, 0.1) is 5.82 Å². The molecule has 3 rings (SSSR count). The molecule has 1 aliphatic rings. The minimum atomic E-state index is -0.334. The van der Waals surface area contributed by atoms with E-state index in [2.05, 4.69) is 26.7 Å². The first-order chi connectivity index (χ1) is 12.0. The van der Waals surface area contributed by atoms with E-state index in [1.54, 1.807) is 30.3 Å². The van der Waals surface area contributed by atoms with Gasteiger partial charge in [-0.05, 0) is 48.0 Å². The molecule has 2 aromatic carbocycles. The number of hydrazine groups is 1. The third-order valence-corrected chi connectivity index (χ3v) is 4.19. The van der Waals surface area contributed by atoms with E-state index < -0.39 is 0 Å². The lowest BCUT2D eigenvalue weighted by atomic mass is 10.2. The van der Waals surface area contributed by atoms with Crippen LogP contribution in [-0.4, -0.2) is 11.8 Å². The van der Waals surface area contributed by atoms with Crippen LogP contribution in [0.3, 0.4) is 0 Å². The summed E-state index contributed by atoms with van der Waals surface area (Å²) >= 11 is 3.34. The van der Waals surface area contributed by atoms with Gasteiger partial charge >= 0.3 is 0 Å². The summed E-state index contributed by atoms with van der Waals surface area (Å²) in [4.78, 5) is 24.4. The Hall–Kier alpha value is -2.67. The van der Waals surface area contributed by atoms with E-state index in [4.69, 9.17) is 0 Å². The summed E-state index contributed by atoms with van der Waals surface area (Å²) in [6.07, 6.45) is 1.68. The molecule has 2 N–H and O–H groups in total. The van der Waals surface area contributed by atoms with E-state index in [9.17, 15) is 14.0 Å². The Kier molecular flexibility index (Phi) is 5.14. The number of carbonyl (C=O) groups is 2. The average molecular weight is 404 g/mol. The molecule has 128 valence electrons. The van der Waals surface area contributed by atoms with Crippen molar-refractivity contribution in [2.45, 2.75) is 13.0 Å².